The zero-order valence-corrected chi connectivity index (χ0v) is 12.5. The van der Waals surface area contributed by atoms with Gasteiger partial charge >= 0.3 is 0 Å². The second kappa shape index (κ2) is 5.39. The number of furan rings is 1. The second-order valence-electron chi connectivity index (χ2n) is 4.47. The summed E-state index contributed by atoms with van der Waals surface area (Å²) in [5, 5.41) is 6.36. The molecule has 0 saturated heterocycles. The van der Waals surface area contributed by atoms with Crippen molar-refractivity contribution in [2.75, 3.05) is 5.01 Å². The molecule has 0 bridgehead atoms. The Hall–Kier alpha value is -2.04. The number of amides is 1. The van der Waals surface area contributed by atoms with Crippen LogP contribution in [-0.4, -0.2) is 11.6 Å². The number of hydrazone groups is 1. The first kappa shape index (κ1) is 13.9. The molecule has 6 heteroatoms. The van der Waals surface area contributed by atoms with Crippen LogP contribution in [0.3, 0.4) is 0 Å². The first-order valence-electron chi connectivity index (χ1n) is 6.16. The van der Waals surface area contributed by atoms with E-state index in [0.717, 1.165) is 0 Å². The first-order valence-corrected chi connectivity index (χ1v) is 6.92. The molecule has 0 fully saturated rings. The fourth-order valence-electron chi connectivity index (χ4n) is 1.99. The zero-order chi connectivity index (χ0) is 15.0. The molecule has 2 aromatic rings. The third-order valence-electron chi connectivity index (χ3n) is 3.04. The van der Waals surface area contributed by atoms with Crippen LogP contribution in [0, 0.1) is 0 Å². The van der Waals surface area contributed by atoms with Crippen LogP contribution in [0.2, 0.25) is 10.0 Å². The van der Waals surface area contributed by atoms with Crippen molar-refractivity contribution in [3.8, 4) is 0 Å². The van der Waals surface area contributed by atoms with Crippen LogP contribution in [0.15, 0.2) is 51.7 Å². The van der Waals surface area contributed by atoms with Crippen molar-refractivity contribution >= 4 is 46.6 Å². The summed E-state index contributed by atoms with van der Waals surface area (Å²) in [4.78, 5) is 12.5. The van der Waals surface area contributed by atoms with E-state index in [9.17, 15) is 4.79 Å². The molecular weight excluding hydrogens is 311 g/mol. The summed E-state index contributed by atoms with van der Waals surface area (Å²) in [6, 6.07) is 8.46. The number of benzene rings is 1. The molecule has 1 aliphatic rings. The summed E-state index contributed by atoms with van der Waals surface area (Å²) in [5.74, 6) is 0.367. The lowest BCUT2D eigenvalue weighted by Crippen LogP contribution is -2.21. The number of halogens is 2. The third-order valence-corrected chi connectivity index (χ3v) is 3.78. The summed E-state index contributed by atoms with van der Waals surface area (Å²) < 4.78 is 5.23. The predicted molar refractivity (Wildman–Crippen MR) is 83.7 cm³/mol. The molecule has 0 saturated carbocycles. The largest absolute Gasteiger partial charge is 0.465 e. The monoisotopic (exact) mass is 320 g/mol. The number of carbonyl (C=O) groups excluding carboxylic acids is 1. The van der Waals surface area contributed by atoms with E-state index in [1.54, 1.807) is 49.6 Å². The van der Waals surface area contributed by atoms with Gasteiger partial charge < -0.3 is 4.42 Å². The highest BCUT2D eigenvalue weighted by molar-refractivity contribution is 6.42. The molecule has 0 radical (unpaired) electrons. The van der Waals surface area contributed by atoms with Gasteiger partial charge in [-0.25, -0.2) is 0 Å². The molecule has 0 unspecified atom stereocenters. The average molecular weight is 321 g/mol. The van der Waals surface area contributed by atoms with Crippen LogP contribution in [0.4, 0.5) is 5.69 Å². The number of nitrogens with zero attached hydrogens (tertiary/aromatic N) is 2. The number of hydrogen-bond donors (Lipinski definition) is 0. The first-order chi connectivity index (χ1) is 10.1. The van der Waals surface area contributed by atoms with Crippen molar-refractivity contribution in [2.24, 2.45) is 5.10 Å². The highest BCUT2D eigenvalue weighted by Gasteiger charge is 2.29. The summed E-state index contributed by atoms with van der Waals surface area (Å²) in [6.45, 7) is 1.77. The van der Waals surface area contributed by atoms with Gasteiger partial charge in [0.1, 0.15) is 5.76 Å². The van der Waals surface area contributed by atoms with E-state index >= 15 is 0 Å². The van der Waals surface area contributed by atoms with Crippen LogP contribution >= 0.6 is 23.2 Å². The van der Waals surface area contributed by atoms with E-state index in [0.29, 0.717) is 32.8 Å². The van der Waals surface area contributed by atoms with E-state index in [2.05, 4.69) is 5.10 Å². The van der Waals surface area contributed by atoms with Gasteiger partial charge in [0.05, 0.1) is 33.3 Å². The topological polar surface area (TPSA) is 45.8 Å². The van der Waals surface area contributed by atoms with Gasteiger partial charge in [-0.2, -0.15) is 10.1 Å². The summed E-state index contributed by atoms with van der Waals surface area (Å²) >= 11 is 11.9. The van der Waals surface area contributed by atoms with Crippen molar-refractivity contribution in [1.29, 1.82) is 0 Å². The number of anilines is 1. The van der Waals surface area contributed by atoms with Gasteiger partial charge in [-0.05, 0) is 43.3 Å². The van der Waals surface area contributed by atoms with Gasteiger partial charge in [0.2, 0.25) is 0 Å². The normalized spacial score (nSPS) is 16.7. The number of rotatable bonds is 2. The van der Waals surface area contributed by atoms with Crippen LogP contribution in [0.5, 0.6) is 0 Å². The summed E-state index contributed by atoms with van der Waals surface area (Å²) in [5.41, 5.74) is 1.66. The number of hydrogen-bond acceptors (Lipinski definition) is 3. The molecule has 1 aliphatic heterocycles. The van der Waals surface area contributed by atoms with Gasteiger partial charge in [0.15, 0.2) is 0 Å². The molecule has 21 heavy (non-hydrogen) atoms. The van der Waals surface area contributed by atoms with Gasteiger partial charge in [-0.15, -0.1) is 0 Å². The minimum absolute atomic E-state index is 0.234. The minimum atomic E-state index is -0.234. The molecule has 1 aromatic heterocycles. The van der Waals surface area contributed by atoms with Gasteiger partial charge in [-0.3, -0.25) is 4.79 Å². The van der Waals surface area contributed by atoms with E-state index in [1.165, 1.54) is 5.01 Å². The molecule has 0 aliphatic carbocycles. The van der Waals surface area contributed by atoms with Crippen molar-refractivity contribution in [1.82, 2.24) is 0 Å². The Morgan fingerprint density at radius 3 is 2.71 bits per heavy atom. The van der Waals surface area contributed by atoms with E-state index in [1.807, 2.05) is 0 Å². The molecule has 1 amide bonds. The molecule has 0 spiro atoms. The highest BCUT2D eigenvalue weighted by Crippen LogP contribution is 2.30. The molecule has 4 nitrogen and oxygen atoms in total. The Balaban J connectivity index is 1.97. The van der Waals surface area contributed by atoms with Crippen LogP contribution in [0.1, 0.15) is 12.7 Å². The van der Waals surface area contributed by atoms with Crippen molar-refractivity contribution in [2.45, 2.75) is 6.92 Å². The standard InChI is InChI=1S/C15H10Cl2N2O2/c1-9-12(8-11-3-2-6-21-11)15(20)19(18-9)10-4-5-13(16)14(17)7-10/h2-8H,1H3/b12-8-. The Morgan fingerprint density at radius 1 is 1.24 bits per heavy atom. The third kappa shape index (κ3) is 2.60. The maximum Gasteiger partial charge on any atom is 0.280 e. The quantitative estimate of drug-likeness (QED) is 0.770. The van der Waals surface area contributed by atoms with Crippen LogP contribution < -0.4 is 5.01 Å². The van der Waals surface area contributed by atoms with Gasteiger partial charge in [0, 0.05) is 0 Å². The van der Waals surface area contributed by atoms with Crippen LogP contribution in [-0.2, 0) is 4.79 Å². The minimum Gasteiger partial charge on any atom is -0.465 e. The predicted octanol–water partition coefficient (Wildman–Crippen LogP) is 4.39. The maximum atomic E-state index is 12.5. The van der Waals surface area contributed by atoms with Crippen molar-refractivity contribution in [3.05, 3.63) is 58.0 Å². The lowest BCUT2D eigenvalue weighted by molar-refractivity contribution is -0.114. The van der Waals surface area contributed by atoms with E-state index in [-0.39, 0.29) is 5.91 Å². The lowest BCUT2D eigenvalue weighted by Gasteiger charge is -2.12. The SMILES string of the molecule is CC1=NN(c2ccc(Cl)c(Cl)c2)C(=O)/C1=C\c1ccco1. The fraction of sp³-hybridized carbons (Fsp3) is 0.0667. The van der Waals surface area contributed by atoms with Crippen LogP contribution in [0.25, 0.3) is 6.08 Å². The number of carbonyl (C=O) groups is 1. The maximum absolute atomic E-state index is 12.5. The average Bonchev–Trinajstić information content (AvgIpc) is 3.06. The van der Waals surface area contributed by atoms with E-state index < -0.39 is 0 Å². The van der Waals surface area contributed by atoms with Gasteiger partial charge in [0.25, 0.3) is 5.91 Å². The molecule has 0 N–H and O–H groups in total. The Morgan fingerprint density at radius 2 is 2.05 bits per heavy atom. The fourth-order valence-corrected chi connectivity index (χ4v) is 2.28. The smallest absolute Gasteiger partial charge is 0.280 e. The Kier molecular flexibility index (Phi) is 3.57. The molecule has 106 valence electrons. The molecule has 3 rings (SSSR count). The highest BCUT2D eigenvalue weighted by atomic mass is 35.5. The zero-order valence-electron chi connectivity index (χ0n) is 11.0. The second-order valence-corrected chi connectivity index (χ2v) is 5.29. The van der Waals surface area contributed by atoms with Gasteiger partial charge in [-0.1, -0.05) is 23.2 Å². The van der Waals surface area contributed by atoms with E-state index in [4.69, 9.17) is 27.6 Å². The molecular formula is C15H10Cl2N2O2. The van der Waals surface area contributed by atoms with Crippen molar-refractivity contribution in [3.63, 3.8) is 0 Å². The molecule has 2 heterocycles. The Bertz CT molecular complexity index is 764. The summed E-state index contributed by atoms with van der Waals surface area (Å²) in [7, 11) is 0. The molecule has 0 atom stereocenters. The lowest BCUT2D eigenvalue weighted by atomic mass is 10.1. The molecule has 1 aromatic carbocycles. The van der Waals surface area contributed by atoms with Crippen molar-refractivity contribution < 1.29 is 9.21 Å². The Labute approximate surface area is 131 Å². The summed E-state index contributed by atoms with van der Waals surface area (Å²) in [6.07, 6.45) is 3.22.